The summed E-state index contributed by atoms with van der Waals surface area (Å²) in [6.45, 7) is 8.62. The number of carboxylic acid groups (broad SMARTS) is 1. The molecule has 1 aromatic carbocycles. The van der Waals surface area contributed by atoms with Crippen molar-refractivity contribution in [2.24, 2.45) is 16.7 Å². The summed E-state index contributed by atoms with van der Waals surface area (Å²) in [4.78, 5) is 29.4. The van der Waals surface area contributed by atoms with E-state index in [1.165, 1.54) is 0 Å². The number of carbonyl (C=O) groups excluding carboxylic acids is 1. The molecule has 7 heteroatoms. The molecule has 2 N–H and O–H groups in total. The fourth-order valence-corrected chi connectivity index (χ4v) is 6.56. The van der Waals surface area contributed by atoms with Crippen molar-refractivity contribution in [1.29, 1.82) is 0 Å². The molecule has 1 aliphatic rings. The summed E-state index contributed by atoms with van der Waals surface area (Å²) >= 11 is 5.85. The third-order valence-electron chi connectivity index (χ3n) is 5.46. The first-order chi connectivity index (χ1) is 11.6. The van der Waals surface area contributed by atoms with Crippen molar-refractivity contribution >= 4 is 32.0 Å². The Morgan fingerprint density at radius 1 is 1.32 bits per heavy atom. The number of carbonyl (C=O) groups is 2. The van der Waals surface area contributed by atoms with Crippen LogP contribution in [-0.2, 0) is 16.2 Å². The van der Waals surface area contributed by atoms with Crippen molar-refractivity contribution in [2.45, 2.75) is 46.3 Å². The van der Waals surface area contributed by atoms with E-state index in [9.17, 15) is 14.7 Å². The van der Waals surface area contributed by atoms with Gasteiger partial charge >= 0.3 is 5.97 Å². The highest BCUT2D eigenvalue weighted by Gasteiger charge is 2.60. The molecule has 5 nitrogen and oxygen atoms in total. The van der Waals surface area contributed by atoms with E-state index in [0.717, 1.165) is 5.56 Å². The standard InChI is InChI=1S/C18H26ClNO4Si/c1-12(17(2,3)4)18(10-25(11-18)16(22)23)15(21)24-20-9-13-5-7-14(19)8-6-13/h5-8,12,20,25H,9-11H2,1-4H3,(H,22,23). The molecule has 1 aliphatic heterocycles. The maximum atomic E-state index is 12.8. The van der Waals surface area contributed by atoms with Gasteiger partial charge in [0.15, 0.2) is 8.80 Å². The zero-order chi connectivity index (χ0) is 18.8. The van der Waals surface area contributed by atoms with E-state index < -0.39 is 19.8 Å². The average molecular weight is 384 g/mol. The molecule has 0 spiro atoms. The largest absolute Gasteiger partial charge is 0.486 e. The van der Waals surface area contributed by atoms with Crippen LogP contribution in [0.1, 0.15) is 33.3 Å². The Bertz CT molecular complexity index is 635. The van der Waals surface area contributed by atoms with Crippen LogP contribution in [0.4, 0.5) is 4.79 Å². The average Bonchev–Trinajstić information content (AvgIpc) is 2.47. The second kappa shape index (κ2) is 7.48. The smallest absolute Gasteiger partial charge is 0.330 e. The van der Waals surface area contributed by atoms with Gasteiger partial charge in [-0.2, -0.15) is 0 Å². The Labute approximate surface area is 155 Å². The predicted octanol–water partition coefficient (Wildman–Crippen LogP) is 4.06. The lowest BCUT2D eigenvalue weighted by molar-refractivity contribution is -0.169. The Hall–Kier alpha value is -1.37. The molecular weight excluding hydrogens is 358 g/mol. The van der Waals surface area contributed by atoms with Gasteiger partial charge < -0.3 is 9.94 Å². The molecule has 0 aromatic heterocycles. The first-order valence-corrected chi connectivity index (χ1v) is 11.1. The third kappa shape index (κ3) is 4.43. The number of hydrogen-bond donors (Lipinski definition) is 2. The monoisotopic (exact) mass is 383 g/mol. The van der Waals surface area contributed by atoms with Crippen molar-refractivity contribution in [3.05, 3.63) is 34.9 Å². The van der Waals surface area contributed by atoms with Crippen LogP contribution < -0.4 is 5.48 Å². The molecule has 0 saturated carbocycles. The molecule has 1 heterocycles. The van der Waals surface area contributed by atoms with Gasteiger partial charge in [0, 0.05) is 5.02 Å². The van der Waals surface area contributed by atoms with E-state index in [2.05, 4.69) is 26.3 Å². The molecule has 138 valence electrons. The fourth-order valence-electron chi connectivity index (χ4n) is 3.41. The molecular formula is C18H26ClNO4Si. The van der Waals surface area contributed by atoms with Crippen molar-refractivity contribution in [3.63, 3.8) is 0 Å². The Balaban J connectivity index is 2.01. The highest BCUT2D eigenvalue weighted by Crippen LogP contribution is 2.54. The molecule has 1 saturated heterocycles. The van der Waals surface area contributed by atoms with Crippen LogP contribution in [0.25, 0.3) is 0 Å². The van der Waals surface area contributed by atoms with Crippen molar-refractivity contribution < 1.29 is 19.5 Å². The van der Waals surface area contributed by atoms with Gasteiger partial charge in [0.05, 0.1) is 12.0 Å². The number of halogens is 1. The zero-order valence-corrected chi connectivity index (χ0v) is 17.0. The summed E-state index contributed by atoms with van der Waals surface area (Å²) in [6, 6.07) is 8.18. The topological polar surface area (TPSA) is 75.6 Å². The van der Waals surface area contributed by atoms with Crippen molar-refractivity contribution in [3.8, 4) is 0 Å². The molecule has 25 heavy (non-hydrogen) atoms. The minimum Gasteiger partial charge on any atom is -0.486 e. The Morgan fingerprint density at radius 2 is 1.88 bits per heavy atom. The summed E-state index contributed by atoms with van der Waals surface area (Å²) in [5, 5.41) is 9.91. The number of nitrogens with one attached hydrogen (secondary N) is 1. The molecule has 2 rings (SSSR count). The lowest BCUT2D eigenvalue weighted by Crippen LogP contribution is -2.58. The van der Waals surface area contributed by atoms with Gasteiger partial charge in [-0.3, -0.25) is 4.79 Å². The van der Waals surface area contributed by atoms with Gasteiger partial charge in [-0.15, -0.1) is 5.48 Å². The quantitative estimate of drug-likeness (QED) is 0.572. The SMILES string of the molecule is CC(C(C)(C)C)C1(C(=O)ONCc2ccc(Cl)cc2)C[SiH](C(=O)O)C1. The summed E-state index contributed by atoms with van der Waals surface area (Å²) in [7, 11) is -1.91. The van der Waals surface area contributed by atoms with Crippen LogP contribution in [-0.4, -0.2) is 25.5 Å². The first kappa shape index (κ1) is 19.9. The van der Waals surface area contributed by atoms with Crippen LogP contribution >= 0.6 is 11.6 Å². The number of hydrogen-bond acceptors (Lipinski definition) is 4. The lowest BCUT2D eigenvalue weighted by Gasteiger charge is -2.50. The number of hydroxylamine groups is 1. The normalized spacial score (nSPS) is 24.3. The van der Waals surface area contributed by atoms with Gasteiger partial charge in [0.1, 0.15) is 0 Å². The summed E-state index contributed by atoms with van der Waals surface area (Å²) < 4.78 is 0. The van der Waals surface area contributed by atoms with Crippen LogP contribution in [0.15, 0.2) is 24.3 Å². The molecule has 1 fully saturated rings. The van der Waals surface area contributed by atoms with Gasteiger partial charge in [-0.25, -0.2) is 4.79 Å². The summed E-state index contributed by atoms with van der Waals surface area (Å²) in [6.07, 6.45) is 0. The van der Waals surface area contributed by atoms with Crippen LogP contribution in [0.5, 0.6) is 0 Å². The number of rotatable bonds is 6. The van der Waals surface area contributed by atoms with Crippen molar-refractivity contribution in [1.82, 2.24) is 5.48 Å². The Morgan fingerprint density at radius 3 is 2.36 bits per heavy atom. The Kier molecular flexibility index (Phi) is 5.96. The molecule has 1 unspecified atom stereocenters. The maximum absolute atomic E-state index is 12.8. The van der Waals surface area contributed by atoms with Crippen molar-refractivity contribution in [2.75, 3.05) is 0 Å². The van der Waals surface area contributed by atoms with Gasteiger partial charge in [0.2, 0.25) is 0 Å². The third-order valence-corrected chi connectivity index (χ3v) is 8.85. The van der Waals surface area contributed by atoms with Crippen LogP contribution in [0, 0.1) is 16.7 Å². The van der Waals surface area contributed by atoms with E-state index >= 15 is 0 Å². The highest BCUT2D eigenvalue weighted by atomic mass is 35.5. The second-order valence-corrected chi connectivity index (χ2v) is 11.2. The minimum atomic E-state index is -1.91. The highest BCUT2D eigenvalue weighted by molar-refractivity contribution is 6.91. The zero-order valence-electron chi connectivity index (χ0n) is 15.1. The number of benzene rings is 1. The molecule has 1 aromatic rings. The molecule has 0 amide bonds. The molecule has 1 atom stereocenters. The minimum absolute atomic E-state index is 0.0351. The van der Waals surface area contributed by atoms with Gasteiger partial charge in [-0.1, -0.05) is 51.4 Å². The maximum Gasteiger partial charge on any atom is 0.330 e. The van der Waals surface area contributed by atoms with Gasteiger partial charge in [-0.05, 0) is 41.1 Å². The summed E-state index contributed by atoms with van der Waals surface area (Å²) in [5.74, 6) is -0.304. The second-order valence-electron chi connectivity index (χ2n) is 8.02. The van der Waals surface area contributed by atoms with E-state index in [1.54, 1.807) is 12.1 Å². The van der Waals surface area contributed by atoms with E-state index in [1.807, 2.05) is 19.1 Å². The van der Waals surface area contributed by atoms with E-state index in [0.29, 0.717) is 23.7 Å². The fraction of sp³-hybridized carbons (Fsp3) is 0.556. The molecule has 0 aliphatic carbocycles. The predicted molar refractivity (Wildman–Crippen MR) is 100 cm³/mol. The van der Waals surface area contributed by atoms with Crippen LogP contribution in [0.3, 0.4) is 0 Å². The van der Waals surface area contributed by atoms with Gasteiger partial charge in [0.25, 0.3) is 5.59 Å². The lowest BCUT2D eigenvalue weighted by atomic mass is 9.66. The van der Waals surface area contributed by atoms with Crippen LogP contribution in [0.2, 0.25) is 17.1 Å². The van der Waals surface area contributed by atoms with E-state index in [-0.39, 0.29) is 17.3 Å². The first-order valence-electron chi connectivity index (χ1n) is 8.47. The summed E-state index contributed by atoms with van der Waals surface area (Å²) in [5.41, 5.74) is 2.16. The molecule has 0 bridgehead atoms. The van der Waals surface area contributed by atoms with E-state index in [4.69, 9.17) is 16.4 Å². The molecule has 0 radical (unpaired) electrons.